The first-order valence-corrected chi connectivity index (χ1v) is 7.45. The molecule has 2 unspecified atom stereocenters. The molecule has 1 aliphatic heterocycles. The molecule has 0 aliphatic carbocycles. The molecule has 0 saturated carbocycles. The van der Waals surface area contributed by atoms with Crippen molar-refractivity contribution in [3.05, 3.63) is 29.8 Å². The van der Waals surface area contributed by atoms with E-state index in [1.807, 2.05) is 25.1 Å². The van der Waals surface area contributed by atoms with E-state index in [0.717, 1.165) is 25.2 Å². The summed E-state index contributed by atoms with van der Waals surface area (Å²) in [6, 6.07) is 8.64. The van der Waals surface area contributed by atoms with Crippen molar-refractivity contribution in [1.82, 2.24) is 10.6 Å². The smallest absolute Gasteiger partial charge is 0.221 e. The Morgan fingerprint density at radius 3 is 3.05 bits per heavy atom. The van der Waals surface area contributed by atoms with Crippen LogP contribution < -0.4 is 15.4 Å². The molecule has 110 valence electrons. The van der Waals surface area contributed by atoms with Crippen LogP contribution in [0.25, 0.3) is 0 Å². The maximum Gasteiger partial charge on any atom is 0.221 e. The van der Waals surface area contributed by atoms with E-state index in [-0.39, 0.29) is 18.0 Å². The second kappa shape index (κ2) is 7.29. The van der Waals surface area contributed by atoms with Gasteiger partial charge in [-0.25, -0.2) is 0 Å². The average Bonchev–Trinajstić information content (AvgIpc) is 2.47. The molecule has 1 aromatic rings. The van der Waals surface area contributed by atoms with Crippen molar-refractivity contribution < 1.29 is 9.53 Å². The number of fused-ring (bicyclic) bond motifs is 1. The molecule has 2 rings (SSSR count). The van der Waals surface area contributed by atoms with Crippen LogP contribution >= 0.6 is 0 Å². The highest BCUT2D eigenvalue weighted by atomic mass is 16.5. The number of carbonyl (C=O) groups is 1. The van der Waals surface area contributed by atoms with E-state index in [2.05, 4.69) is 23.6 Å². The molecule has 1 heterocycles. The molecule has 1 aliphatic rings. The number of hydrogen-bond donors (Lipinski definition) is 2. The van der Waals surface area contributed by atoms with Gasteiger partial charge in [0.1, 0.15) is 5.75 Å². The molecule has 20 heavy (non-hydrogen) atoms. The number of benzene rings is 1. The van der Waals surface area contributed by atoms with Crippen molar-refractivity contribution in [2.75, 3.05) is 13.2 Å². The van der Waals surface area contributed by atoms with Gasteiger partial charge in [-0.05, 0) is 19.4 Å². The minimum atomic E-state index is 0.118. The van der Waals surface area contributed by atoms with Crippen LogP contribution in [0, 0.1) is 0 Å². The van der Waals surface area contributed by atoms with Gasteiger partial charge < -0.3 is 15.4 Å². The van der Waals surface area contributed by atoms with Gasteiger partial charge in [-0.3, -0.25) is 4.79 Å². The zero-order valence-corrected chi connectivity index (χ0v) is 12.3. The summed E-state index contributed by atoms with van der Waals surface area (Å²) in [7, 11) is 0. The average molecular weight is 276 g/mol. The first kappa shape index (κ1) is 14.9. The summed E-state index contributed by atoms with van der Waals surface area (Å²) in [6.07, 6.45) is 2.43. The predicted molar refractivity (Wildman–Crippen MR) is 79.8 cm³/mol. The second-order valence-corrected chi connectivity index (χ2v) is 5.31. The van der Waals surface area contributed by atoms with E-state index >= 15 is 0 Å². The molecule has 0 saturated heterocycles. The minimum Gasteiger partial charge on any atom is -0.493 e. The Balaban J connectivity index is 1.79. The van der Waals surface area contributed by atoms with Crippen molar-refractivity contribution in [2.45, 2.75) is 45.2 Å². The van der Waals surface area contributed by atoms with Crippen LogP contribution in [0.5, 0.6) is 5.75 Å². The lowest BCUT2D eigenvalue weighted by atomic mass is 10.0. The summed E-state index contributed by atoms with van der Waals surface area (Å²) in [5.41, 5.74) is 1.20. The van der Waals surface area contributed by atoms with Gasteiger partial charge in [-0.2, -0.15) is 0 Å². The molecule has 2 atom stereocenters. The van der Waals surface area contributed by atoms with Gasteiger partial charge in [0.05, 0.1) is 6.61 Å². The van der Waals surface area contributed by atoms with Crippen molar-refractivity contribution in [1.29, 1.82) is 0 Å². The van der Waals surface area contributed by atoms with Gasteiger partial charge >= 0.3 is 0 Å². The SMILES string of the molecule is CCC(C)NC(=O)CCNC1CCOc2ccccc21. The zero-order chi connectivity index (χ0) is 14.4. The molecule has 4 heteroatoms. The Morgan fingerprint density at radius 2 is 2.25 bits per heavy atom. The standard InChI is InChI=1S/C16H24N2O2/c1-3-12(2)18-16(19)8-10-17-14-9-11-20-15-7-5-4-6-13(14)15/h4-7,12,14,17H,3,8-11H2,1-2H3,(H,18,19). The van der Waals surface area contributed by atoms with E-state index < -0.39 is 0 Å². The molecule has 1 aromatic carbocycles. The lowest BCUT2D eigenvalue weighted by Gasteiger charge is -2.26. The monoisotopic (exact) mass is 276 g/mol. The lowest BCUT2D eigenvalue weighted by Crippen LogP contribution is -2.35. The number of carbonyl (C=O) groups excluding carboxylic acids is 1. The van der Waals surface area contributed by atoms with Gasteiger partial charge in [0.15, 0.2) is 0 Å². The topological polar surface area (TPSA) is 50.4 Å². The fourth-order valence-corrected chi connectivity index (χ4v) is 2.36. The molecule has 0 spiro atoms. The highest BCUT2D eigenvalue weighted by molar-refractivity contribution is 5.76. The Morgan fingerprint density at radius 1 is 1.45 bits per heavy atom. The first-order valence-electron chi connectivity index (χ1n) is 7.45. The number of nitrogens with one attached hydrogen (secondary N) is 2. The van der Waals surface area contributed by atoms with Crippen molar-refractivity contribution in [3.63, 3.8) is 0 Å². The summed E-state index contributed by atoms with van der Waals surface area (Å²) >= 11 is 0. The molecule has 0 aromatic heterocycles. The van der Waals surface area contributed by atoms with Crippen LogP contribution in [0.3, 0.4) is 0 Å². The maximum atomic E-state index is 11.7. The van der Waals surface area contributed by atoms with Crippen molar-refractivity contribution in [2.24, 2.45) is 0 Å². The van der Waals surface area contributed by atoms with Crippen LogP contribution in [0.1, 0.15) is 44.7 Å². The third kappa shape index (κ3) is 3.97. The van der Waals surface area contributed by atoms with E-state index in [1.165, 1.54) is 5.56 Å². The Bertz CT molecular complexity index is 448. The minimum absolute atomic E-state index is 0.118. The van der Waals surface area contributed by atoms with Gasteiger partial charge in [-0.1, -0.05) is 25.1 Å². The summed E-state index contributed by atoms with van der Waals surface area (Å²) in [5.74, 6) is 1.08. The van der Waals surface area contributed by atoms with Gasteiger partial charge in [0.2, 0.25) is 5.91 Å². The summed E-state index contributed by atoms with van der Waals surface area (Å²) in [6.45, 7) is 5.53. The molecule has 4 nitrogen and oxygen atoms in total. The van der Waals surface area contributed by atoms with Gasteiger partial charge in [0, 0.05) is 37.0 Å². The summed E-state index contributed by atoms with van der Waals surface area (Å²) < 4.78 is 5.63. The highest BCUT2D eigenvalue weighted by Gasteiger charge is 2.20. The van der Waals surface area contributed by atoms with Crippen molar-refractivity contribution in [3.8, 4) is 5.75 Å². The fraction of sp³-hybridized carbons (Fsp3) is 0.562. The number of rotatable bonds is 6. The summed E-state index contributed by atoms with van der Waals surface area (Å²) in [5, 5.41) is 6.44. The molecule has 2 N–H and O–H groups in total. The Kier molecular flexibility index (Phi) is 5.41. The normalized spacial score (nSPS) is 18.8. The number of amides is 1. The third-order valence-corrected chi connectivity index (χ3v) is 3.72. The van der Waals surface area contributed by atoms with Crippen LogP contribution in [-0.2, 0) is 4.79 Å². The van der Waals surface area contributed by atoms with E-state index in [0.29, 0.717) is 13.0 Å². The van der Waals surface area contributed by atoms with Crippen LogP contribution in [0.15, 0.2) is 24.3 Å². The lowest BCUT2D eigenvalue weighted by molar-refractivity contribution is -0.121. The second-order valence-electron chi connectivity index (χ2n) is 5.31. The van der Waals surface area contributed by atoms with E-state index in [4.69, 9.17) is 4.74 Å². The van der Waals surface area contributed by atoms with E-state index in [1.54, 1.807) is 0 Å². The molecular weight excluding hydrogens is 252 g/mol. The fourth-order valence-electron chi connectivity index (χ4n) is 2.36. The largest absolute Gasteiger partial charge is 0.493 e. The Hall–Kier alpha value is -1.55. The maximum absolute atomic E-state index is 11.7. The molecule has 0 bridgehead atoms. The quantitative estimate of drug-likeness (QED) is 0.839. The number of para-hydroxylation sites is 1. The number of ether oxygens (including phenoxy) is 1. The zero-order valence-electron chi connectivity index (χ0n) is 12.3. The van der Waals surface area contributed by atoms with Crippen LogP contribution in [0.4, 0.5) is 0 Å². The first-order chi connectivity index (χ1) is 9.70. The van der Waals surface area contributed by atoms with E-state index in [9.17, 15) is 4.79 Å². The predicted octanol–water partition coefficient (Wildman–Crippen LogP) is 2.40. The third-order valence-electron chi connectivity index (χ3n) is 3.72. The van der Waals surface area contributed by atoms with Crippen LogP contribution in [0.2, 0.25) is 0 Å². The summed E-state index contributed by atoms with van der Waals surface area (Å²) in [4.78, 5) is 11.7. The van der Waals surface area contributed by atoms with Crippen LogP contribution in [-0.4, -0.2) is 25.1 Å². The van der Waals surface area contributed by atoms with Gasteiger partial charge in [0.25, 0.3) is 0 Å². The molecule has 0 fully saturated rings. The number of hydrogen-bond acceptors (Lipinski definition) is 3. The molecule has 1 amide bonds. The van der Waals surface area contributed by atoms with Gasteiger partial charge in [-0.15, -0.1) is 0 Å². The molecule has 0 radical (unpaired) electrons. The molecular formula is C16H24N2O2. The highest BCUT2D eigenvalue weighted by Crippen LogP contribution is 2.31. The van der Waals surface area contributed by atoms with Crippen molar-refractivity contribution >= 4 is 5.91 Å². The Labute approximate surface area is 120 Å².